The summed E-state index contributed by atoms with van der Waals surface area (Å²) in [5, 5.41) is 6.77. The number of likely N-dealkylation sites (tertiary alicyclic amines) is 1. The third kappa shape index (κ3) is 6.04. The Morgan fingerprint density at radius 1 is 1.33 bits per heavy atom. The number of ether oxygens (including phenoxy) is 1. The van der Waals surface area contributed by atoms with Gasteiger partial charge in [-0.15, -0.1) is 0 Å². The summed E-state index contributed by atoms with van der Waals surface area (Å²) in [5.41, 5.74) is 1.15. The fourth-order valence-corrected chi connectivity index (χ4v) is 3.09. The van der Waals surface area contributed by atoms with Crippen LogP contribution in [0.15, 0.2) is 29.3 Å². The average molecular weight is 332 g/mol. The minimum Gasteiger partial charge on any atom is -0.497 e. The zero-order chi connectivity index (χ0) is 17.2. The van der Waals surface area contributed by atoms with Crippen LogP contribution in [0.25, 0.3) is 0 Å². The van der Waals surface area contributed by atoms with Crippen LogP contribution in [0.5, 0.6) is 5.75 Å². The molecule has 0 radical (unpaired) electrons. The molecular formula is C19H32N4O. The number of hydrogen-bond donors (Lipinski definition) is 2. The average Bonchev–Trinajstić information content (AvgIpc) is 2.61. The summed E-state index contributed by atoms with van der Waals surface area (Å²) in [7, 11) is 1.69. The predicted octanol–water partition coefficient (Wildman–Crippen LogP) is 2.62. The maximum absolute atomic E-state index is 5.27. The molecule has 1 fully saturated rings. The maximum Gasteiger partial charge on any atom is 0.191 e. The minimum absolute atomic E-state index is 0.645. The van der Waals surface area contributed by atoms with Crippen LogP contribution >= 0.6 is 0 Å². The Bertz CT molecular complexity index is 518. The van der Waals surface area contributed by atoms with E-state index >= 15 is 0 Å². The van der Waals surface area contributed by atoms with Crippen molar-refractivity contribution in [3.8, 4) is 5.75 Å². The lowest BCUT2D eigenvalue weighted by Gasteiger charge is -2.33. The summed E-state index contributed by atoms with van der Waals surface area (Å²) in [6, 6.07) is 8.77. The molecule has 0 aromatic heterocycles. The number of benzene rings is 1. The minimum atomic E-state index is 0.645. The van der Waals surface area contributed by atoms with E-state index in [9.17, 15) is 0 Å². The van der Waals surface area contributed by atoms with Gasteiger partial charge in [0.2, 0.25) is 0 Å². The summed E-state index contributed by atoms with van der Waals surface area (Å²) in [6.07, 6.45) is 4.02. The Morgan fingerprint density at radius 3 is 2.96 bits per heavy atom. The summed E-state index contributed by atoms with van der Waals surface area (Å²) < 4.78 is 5.27. The first-order valence-corrected chi connectivity index (χ1v) is 9.12. The highest BCUT2D eigenvalue weighted by atomic mass is 16.5. The summed E-state index contributed by atoms with van der Waals surface area (Å²) in [5.74, 6) is 1.75. The van der Waals surface area contributed by atoms with Gasteiger partial charge in [0.1, 0.15) is 5.75 Å². The Hall–Kier alpha value is -1.75. The molecule has 0 saturated carbocycles. The van der Waals surface area contributed by atoms with Crippen molar-refractivity contribution in [2.75, 3.05) is 33.3 Å². The molecule has 2 N–H and O–H groups in total. The Morgan fingerprint density at radius 2 is 2.21 bits per heavy atom. The molecule has 1 aromatic carbocycles. The number of nitrogens with one attached hydrogen (secondary N) is 2. The molecule has 1 heterocycles. The highest BCUT2D eigenvalue weighted by molar-refractivity contribution is 5.79. The Labute approximate surface area is 146 Å². The lowest BCUT2D eigenvalue weighted by atomic mass is 10.0. The molecule has 0 spiro atoms. The van der Waals surface area contributed by atoms with E-state index in [-0.39, 0.29) is 0 Å². The van der Waals surface area contributed by atoms with Gasteiger partial charge < -0.3 is 15.4 Å². The number of guanidine groups is 1. The number of methoxy groups -OCH3 is 1. The number of aliphatic imine (C=N–C) groups is 1. The fraction of sp³-hybridized carbons (Fsp3) is 0.632. The van der Waals surface area contributed by atoms with Gasteiger partial charge in [-0.25, -0.2) is 4.99 Å². The van der Waals surface area contributed by atoms with Crippen LogP contribution in [0.2, 0.25) is 0 Å². The highest BCUT2D eigenvalue weighted by Crippen LogP contribution is 2.15. The summed E-state index contributed by atoms with van der Waals surface area (Å²) >= 11 is 0. The third-order valence-electron chi connectivity index (χ3n) is 4.53. The lowest BCUT2D eigenvalue weighted by molar-refractivity contribution is 0.163. The van der Waals surface area contributed by atoms with Gasteiger partial charge in [-0.2, -0.15) is 0 Å². The van der Waals surface area contributed by atoms with Gasteiger partial charge in [0.25, 0.3) is 0 Å². The number of hydrogen-bond acceptors (Lipinski definition) is 3. The standard InChI is InChI=1S/C19H32N4O/c1-4-20-19(21-11-13-23-12-6-5-8-16(23)2)22-15-17-9-7-10-18(14-17)24-3/h7,9-10,14,16H,4-6,8,11-13,15H2,1-3H3,(H2,20,21,22). The highest BCUT2D eigenvalue weighted by Gasteiger charge is 2.17. The van der Waals surface area contributed by atoms with Gasteiger partial charge in [0, 0.05) is 25.7 Å². The molecule has 5 nitrogen and oxygen atoms in total. The first kappa shape index (κ1) is 18.6. The maximum atomic E-state index is 5.27. The Kier molecular flexibility index (Phi) is 7.89. The van der Waals surface area contributed by atoms with Crippen LogP contribution in [0.4, 0.5) is 0 Å². The molecule has 1 aliphatic heterocycles. The zero-order valence-corrected chi connectivity index (χ0v) is 15.3. The normalized spacial score (nSPS) is 19.1. The van der Waals surface area contributed by atoms with Crippen LogP contribution in [-0.2, 0) is 6.54 Å². The van der Waals surface area contributed by atoms with E-state index in [0.717, 1.165) is 36.9 Å². The lowest BCUT2D eigenvalue weighted by Crippen LogP contribution is -2.45. The first-order valence-electron chi connectivity index (χ1n) is 9.12. The van der Waals surface area contributed by atoms with Crippen LogP contribution in [-0.4, -0.2) is 50.2 Å². The first-order chi connectivity index (χ1) is 11.7. The van der Waals surface area contributed by atoms with Crippen molar-refractivity contribution in [1.29, 1.82) is 0 Å². The molecular weight excluding hydrogens is 300 g/mol. The van der Waals surface area contributed by atoms with E-state index in [0.29, 0.717) is 12.6 Å². The zero-order valence-electron chi connectivity index (χ0n) is 15.3. The van der Waals surface area contributed by atoms with Crippen molar-refractivity contribution in [1.82, 2.24) is 15.5 Å². The molecule has 1 aromatic rings. The van der Waals surface area contributed by atoms with Crippen LogP contribution in [0.3, 0.4) is 0 Å². The van der Waals surface area contributed by atoms with Gasteiger partial charge in [0.15, 0.2) is 5.96 Å². The number of nitrogens with zero attached hydrogens (tertiary/aromatic N) is 2. The van der Waals surface area contributed by atoms with Crippen molar-refractivity contribution in [2.24, 2.45) is 4.99 Å². The van der Waals surface area contributed by atoms with Gasteiger partial charge in [-0.3, -0.25) is 4.90 Å². The summed E-state index contributed by atoms with van der Waals surface area (Å²) in [4.78, 5) is 7.25. The molecule has 1 unspecified atom stereocenters. The van der Waals surface area contributed by atoms with Gasteiger partial charge >= 0.3 is 0 Å². The molecule has 1 atom stereocenters. The SMILES string of the molecule is CCNC(=NCc1cccc(OC)c1)NCCN1CCCCC1C. The van der Waals surface area contributed by atoms with E-state index in [1.807, 2.05) is 18.2 Å². The number of rotatable bonds is 7. The second kappa shape index (κ2) is 10.2. The van der Waals surface area contributed by atoms with Crippen molar-refractivity contribution < 1.29 is 4.74 Å². The molecule has 0 aliphatic carbocycles. The summed E-state index contributed by atoms with van der Waals surface area (Å²) in [6.45, 7) is 9.16. The number of piperidine rings is 1. The topological polar surface area (TPSA) is 48.9 Å². The van der Waals surface area contributed by atoms with Gasteiger partial charge in [-0.05, 0) is 50.9 Å². The molecule has 0 amide bonds. The van der Waals surface area contributed by atoms with E-state index in [1.54, 1.807) is 7.11 Å². The van der Waals surface area contributed by atoms with Gasteiger partial charge in [-0.1, -0.05) is 18.6 Å². The molecule has 1 saturated heterocycles. The van der Waals surface area contributed by atoms with E-state index < -0.39 is 0 Å². The Balaban J connectivity index is 1.83. The fourth-order valence-electron chi connectivity index (χ4n) is 3.09. The smallest absolute Gasteiger partial charge is 0.191 e. The van der Waals surface area contributed by atoms with E-state index in [4.69, 9.17) is 4.74 Å². The molecule has 24 heavy (non-hydrogen) atoms. The van der Waals surface area contributed by atoms with E-state index in [1.165, 1.54) is 25.8 Å². The molecule has 134 valence electrons. The van der Waals surface area contributed by atoms with Crippen molar-refractivity contribution >= 4 is 5.96 Å². The quantitative estimate of drug-likeness (QED) is 0.595. The molecule has 1 aliphatic rings. The second-order valence-electron chi connectivity index (χ2n) is 6.35. The predicted molar refractivity (Wildman–Crippen MR) is 101 cm³/mol. The van der Waals surface area contributed by atoms with Crippen LogP contribution < -0.4 is 15.4 Å². The largest absolute Gasteiger partial charge is 0.497 e. The monoisotopic (exact) mass is 332 g/mol. The van der Waals surface area contributed by atoms with Crippen molar-refractivity contribution in [2.45, 2.75) is 45.7 Å². The van der Waals surface area contributed by atoms with E-state index in [2.05, 4.69) is 40.4 Å². The van der Waals surface area contributed by atoms with Crippen LogP contribution in [0, 0.1) is 0 Å². The molecule has 2 rings (SSSR count). The third-order valence-corrected chi connectivity index (χ3v) is 4.53. The van der Waals surface area contributed by atoms with Gasteiger partial charge in [0.05, 0.1) is 13.7 Å². The molecule has 0 bridgehead atoms. The second-order valence-corrected chi connectivity index (χ2v) is 6.35. The molecule has 5 heteroatoms. The van der Waals surface area contributed by atoms with Crippen molar-refractivity contribution in [3.05, 3.63) is 29.8 Å². The van der Waals surface area contributed by atoms with Crippen molar-refractivity contribution in [3.63, 3.8) is 0 Å². The van der Waals surface area contributed by atoms with Crippen LogP contribution in [0.1, 0.15) is 38.7 Å².